The molecule has 1 aromatic rings. The molecule has 0 radical (unpaired) electrons. The Morgan fingerprint density at radius 2 is 2.21 bits per heavy atom. The fourth-order valence-electron chi connectivity index (χ4n) is 2.55. The Kier molecular flexibility index (Phi) is 3.98. The standard InChI is InChI=1S/C15H20N2O2/c1-15(2)10-13(18)11-17(15)14(19)8-5-7-12-6-3-4-9-16-12/h3-4,6,9H,5,7-8,10-11H2,1-2H3. The Morgan fingerprint density at radius 3 is 2.79 bits per heavy atom. The lowest BCUT2D eigenvalue weighted by Gasteiger charge is -2.30. The highest BCUT2D eigenvalue weighted by Gasteiger charge is 2.39. The van der Waals surface area contributed by atoms with Crippen LogP contribution in [0.4, 0.5) is 0 Å². The first kappa shape index (κ1) is 13.7. The van der Waals surface area contributed by atoms with Crippen LogP contribution in [0, 0.1) is 0 Å². The van der Waals surface area contributed by atoms with E-state index in [9.17, 15) is 9.59 Å². The van der Waals surface area contributed by atoms with Gasteiger partial charge in [-0.1, -0.05) is 6.07 Å². The van der Waals surface area contributed by atoms with Crippen LogP contribution in [0.1, 0.15) is 38.8 Å². The Morgan fingerprint density at radius 1 is 1.42 bits per heavy atom. The van der Waals surface area contributed by atoms with Crippen molar-refractivity contribution in [1.29, 1.82) is 0 Å². The van der Waals surface area contributed by atoms with Crippen LogP contribution in [0.2, 0.25) is 0 Å². The summed E-state index contributed by atoms with van der Waals surface area (Å²) in [7, 11) is 0. The summed E-state index contributed by atoms with van der Waals surface area (Å²) in [6.07, 6.45) is 4.29. The van der Waals surface area contributed by atoms with E-state index < -0.39 is 0 Å². The van der Waals surface area contributed by atoms with E-state index in [0.29, 0.717) is 12.8 Å². The van der Waals surface area contributed by atoms with Crippen LogP contribution in [0.3, 0.4) is 0 Å². The number of rotatable bonds is 4. The summed E-state index contributed by atoms with van der Waals surface area (Å²) < 4.78 is 0. The number of Topliss-reactive ketones (excluding diaryl/α,β-unsaturated/α-hetero) is 1. The van der Waals surface area contributed by atoms with Crippen LogP contribution in [0.5, 0.6) is 0 Å². The molecule has 102 valence electrons. The van der Waals surface area contributed by atoms with Crippen molar-refractivity contribution in [1.82, 2.24) is 9.88 Å². The highest BCUT2D eigenvalue weighted by molar-refractivity contribution is 5.91. The van der Waals surface area contributed by atoms with E-state index >= 15 is 0 Å². The first-order chi connectivity index (χ1) is 8.99. The van der Waals surface area contributed by atoms with Crippen LogP contribution < -0.4 is 0 Å². The molecule has 19 heavy (non-hydrogen) atoms. The molecule has 1 saturated heterocycles. The number of hydrogen-bond acceptors (Lipinski definition) is 3. The van der Waals surface area contributed by atoms with E-state index in [1.807, 2.05) is 32.0 Å². The van der Waals surface area contributed by atoms with Crippen molar-refractivity contribution in [2.75, 3.05) is 6.54 Å². The Bertz CT molecular complexity index is 468. The fraction of sp³-hybridized carbons (Fsp3) is 0.533. The number of aryl methyl sites for hydroxylation is 1. The molecule has 2 heterocycles. The lowest BCUT2D eigenvalue weighted by molar-refractivity contribution is -0.135. The molecule has 0 unspecified atom stereocenters. The summed E-state index contributed by atoms with van der Waals surface area (Å²) in [5, 5.41) is 0. The zero-order chi connectivity index (χ0) is 13.9. The van der Waals surface area contributed by atoms with E-state index in [0.717, 1.165) is 18.5 Å². The molecule has 0 atom stereocenters. The number of aromatic nitrogens is 1. The zero-order valence-electron chi connectivity index (χ0n) is 11.6. The topological polar surface area (TPSA) is 50.3 Å². The highest BCUT2D eigenvalue weighted by atomic mass is 16.2. The molecule has 4 nitrogen and oxygen atoms in total. The highest BCUT2D eigenvalue weighted by Crippen LogP contribution is 2.27. The molecular formula is C15H20N2O2. The molecule has 1 aliphatic heterocycles. The minimum absolute atomic E-state index is 0.0757. The Hall–Kier alpha value is -1.71. The van der Waals surface area contributed by atoms with Crippen molar-refractivity contribution in [3.8, 4) is 0 Å². The van der Waals surface area contributed by atoms with Gasteiger partial charge in [-0.05, 0) is 38.8 Å². The summed E-state index contributed by atoms with van der Waals surface area (Å²) in [6.45, 7) is 4.18. The van der Waals surface area contributed by atoms with Crippen molar-refractivity contribution in [3.05, 3.63) is 30.1 Å². The van der Waals surface area contributed by atoms with Crippen molar-refractivity contribution >= 4 is 11.7 Å². The molecule has 0 bridgehead atoms. The molecule has 0 spiro atoms. The molecule has 0 saturated carbocycles. The first-order valence-corrected chi connectivity index (χ1v) is 6.71. The summed E-state index contributed by atoms with van der Waals surface area (Å²) in [4.78, 5) is 29.6. The molecule has 0 aliphatic carbocycles. The van der Waals surface area contributed by atoms with Crippen LogP contribution in [0.25, 0.3) is 0 Å². The van der Waals surface area contributed by atoms with Gasteiger partial charge in [0, 0.05) is 30.3 Å². The molecule has 1 fully saturated rings. The summed E-state index contributed by atoms with van der Waals surface area (Å²) >= 11 is 0. The normalized spacial score (nSPS) is 17.8. The third-order valence-corrected chi connectivity index (χ3v) is 3.55. The third kappa shape index (κ3) is 3.40. The number of nitrogens with zero attached hydrogens (tertiary/aromatic N) is 2. The lowest BCUT2D eigenvalue weighted by atomic mass is 10.0. The zero-order valence-corrected chi connectivity index (χ0v) is 11.6. The van der Waals surface area contributed by atoms with E-state index in [-0.39, 0.29) is 23.8 Å². The maximum atomic E-state index is 12.2. The van der Waals surface area contributed by atoms with Crippen molar-refractivity contribution < 1.29 is 9.59 Å². The number of likely N-dealkylation sites (tertiary alicyclic amines) is 1. The Balaban J connectivity index is 1.83. The van der Waals surface area contributed by atoms with Crippen molar-refractivity contribution in [2.24, 2.45) is 0 Å². The quantitative estimate of drug-likeness (QED) is 0.831. The molecule has 2 rings (SSSR count). The fourth-order valence-corrected chi connectivity index (χ4v) is 2.55. The van der Waals surface area contributed by atoms with Gasteiger partial charge in [0.2, 0.25) is 5.91 Å². The number of carbonyl (C=O) groups is 2. The molecule has 4 heteroatoms. The smallest absolute Gasteiger partial charge is 0.223 e. The van der Waals surface area contributed by atoms with E-state index in [1.165, 1.54) is 0 Å². The van der Waals surface area contributed by atoms with Crippen LogP contribution in [-0.4, -0.2) is 33.7 Å². The van der Waals surface area contributed by atoms with Gasteiger partial charge in [-0.25, -0.2) is 0 Å². The monoisotopic (exact) mass is 260 g/mol. The third-order valence-electron chi connectivity index (χ3n) is 3.55. The number of hydrogen-bond donors (Lipinski definition) is 0. The van der Waals surface area contributed by atoms with Crippen LogP contribution in [0.15, 0.2) is 24.4 Å². The summed E-state index contributed by atoms with van der Waals surface area (Å²) in [6, 6.07) is 5.80. The van der Waals surface area contributed by atoms with Gasteiger partial charge >= 0.3 is 0 Å². The Labute approximate surface area is 113 Å². The van der Waals surface area contributed by atoms with Crippen LogP contribution >= 0.6 is 0 Å². The average Bonchev–Trinajstić information content (AvgIpc) is 2.64. The minimum Gasteiger partial charge on any atom is -0.330 e. The van der Waals surface area contributed by atoms with E-state index in [2.05, 4.69) is 4.98 Å². The van der Waals surface area contributed by atoms with Gasteiger partial charge in [0.15, 0.2) is 5.78 Å². The average molecular weight is 260 g/mol. The van der Waals surface area contributed by atoms with E-state index in [1.54, 1.807) is 11.1 Å². The summed E-state index contributed by atoms with van der Waals surface area (Å²) in [5.74, 6) is 0.231. The minimum atomic E-state index is -0.320. The van der Waals surface area contributed by atoms with Gasteiger partial charge in [0.25, 0.3) is 0 Å². The number of ketones is 1. The predicted molar refractivity (Wildman–Crippen MR) is 72.6 cm³/mol. The van der Waals surface area contributed by atoms with Gasteiger partial charge in [-0.15, -0.1) is 0 Å². The molecule has 0 aromatic carbocycles. The van der Waals surface area contributed by atoms with Crippen molar-refractivity contribution in [3.63, 3.8) is 0 Å². The summed E-state index contributed by atoms with van der Waals surface area (Å²) in [5.41, 5.74) is 0.686. The van der Waals surface area contributed by atoms with Crippen molar-refractivity contribution in [2.45, 2.75) is 45.1 Å². The number of amides is 1. The van der Waals surface area contributed by atoms with E-state index in [4.69, 9.17) is 0 Å². The van der Waals surface area contributed by atoms with Gasteiger partial charge in [-0.3, -0.25) is 14.6 Å². The van der Waals surface area contributed by atoms with Crippen LogP contribution in [-0.2, 0) is 16.0 Å². The molecule has 1 aromatic heterocycles. The largest absolute Gasteiger partial charge is 0.330 e. The number of carbonyl (C=O) groups excluding carboxylic acids is 2. The molecule has 1 aliphatic rings. The molecule has 1 amide bonds. The second kappa shape index (κ2) is 5.51. The molecular weight excluding hydrogens is 240 g/mol. The first-order valence-electron chi connectivity index (χ1n) is 6.71. The maximum Gasteiger partial charge on any atom is 0.223 e. The van der Waals surface area contributed by atoms with Gasteiger partial charge in [-0.2, -0.15) is 0 Å². The van der Waals surface area contributed by atoms with Gasteiger partial charge in [0.1, 0.15) is 0 Å². The SMILES string of the molecule is CC1(C)CC(=O)CN1C(=O)CCCc1ccccn1. The second-order valence-corrected chi connectivity index (χ2v) is 5.68. The van der Waals surface area contributed by atoms with Gasteiger partial charge < -0.3 is 4.90 Å². The second-order valence-electron chi connectivity index (χ2n) is 5.68. The lowest BCUT2D eigenvalue weighted by Crippen LogP contribution is -2.42. The number of pyridine rings is 1. The van der Waals surface area contributed by atoms with Gasteiger partial charge in [0.05, 0.1) is 6.54 Å². The molecule has 0 N–H and O–H groups in total. The predicted octanol–water partition coefficient (Wildman–Crippen LogP) is 1.98. The maximum absolute atomic E-state index is 12.2.